The van der Waals surface area contributed by atoms with Gasteiger partial charge in [0.25, 0.3) is 10.2 Å². The van der Waals surface area contributed by atoms with Crippen LogP contribution in [0.25, 0.3) is 0 Å². The Morgan fingerprint density at radius 2 is 2.06 bits per heavy atom. The minimum atomic E-state index is -3.75. The van der Waals surface area contributed by atoms with Gasteiger partial charge in [-0.15, -0.1) is 0 Å². The number of nitrogens with one attached hydrogen (secondary N) is 2. The lowest BCUT2D eigenvalue weighted by atomic mass is 10.3. The van der Waals surface area contributed by atoms with Crippen molar-refractivity contribution in [3.8, 4) is 11.5 Å². The molecular formula is C10H16N2O5S. The van der Waals surface area contributed by atoms with Crippen LogP contribution < -0.4 is 14.2 Å². The first kappa shape index (κ1) is 14.6. The highest BCUT2D eigenvalue weighted by atomic mass is 32.2. The Labute approximate surface area is 106 Å². The number of hydrogen-bond donors (Lipinski definition) is 3. The molecule has 0 aliphatic carbocycles. The Bertz CT molecular complexity index is 489. The van der Waals surface area contributed by atoms with Crippen LogP contribution in [0, 0.1) is 0 Å². The van der Waals surface area contributed by atoms with E-state index >= 15 is 0 Å². The van der Waals surface area contributed by atoms with Gasteiger partial charge in [0.15, 0.2) is 0 Å². The molecule has 0 fully saturated rings. The van der Waals surface area contributed by atoms with Crippen molar-refractivity contribution >= 4 is 15.9 Å². The zero-order valence-electron chi connectivity index (χ0n) is 10.1. The van der Waals surface area contributed by atoms with Crippen molar-refractivity contribution in [2.75, 3.05) is 32.1 Å². The number of ether oxygens (including phenoxy) is 2. The van der Waals surface area contributed by atoms with Crippen molar-refractivity contribution in [2.45, 2.75) is 0 Å². The second-order valence-corrected chi connectivity index (χ2v) is 4.88. The largest absolute Gasteiger partial charge is 0.506 e. The quantitative estimate of drug-likeness (QED) is 0.491. The van der Waals surface area contributed by atoms with Gasteiger partial charge in [-0.25, -0.2) is 0 Å². The van der Waals surface area contributed by atoms with Gasteiger partial charge in [0, 0.05) is 19.7 Å². The Balaban J connectivity index is 2.76. The van der Waals surface area contributed by atoms with Gasteiger partial charge in [-0.05, 0) is 12.1 Å². The Morgan fingerprint density at radius 1 is 1.33 bits per heavy atom. The molecule has 0 radical (unpaired) electrons. The second-order valence-electron chi connectivity index (χ2n) is 3.38. The lowest BCUT2D eigenvalue weighted by Crippen LogP contribution is -2.32. The first-order chi connectivity index (χ1) is 8.48. The lowest BCUT2D eigenvalue weighted by molar-refractivity contribution is 0.204. The van der Waals surface area contributed by atoms with E-state index in [1.165, 1.54) is 32.4 Å². The highest BCUT2D eigenvalue weighted by Crippen LogP contribution is 2.28. The summed E-state index contributed by atoms with van der Waals surface area (Å²) in [7, 11) is -0.836. The van der Waals surface area contributed by atoms with Crippen molar-refractivity contribution in [1.29, 1.82) is 0 Å². The smallest absolute Gasteiger partial charge is 0.299 e. The summed E-state index contributed by atoms with van der Waals surface area (Å²) in [5.41, 5.74) is 0.0410. The molecular weight excluding hydrogens is 260 g/mol. The maximum atomic E-state index is 11.6. The summed E-state index contributed by atoms with van der Waals surface area (Å²) in [6, 6.07) is 4.24. The summed E-state index contributed by atoms with van der Waals surface area (Å²) in [5.74, 6) is 0.246. The molecule has 102 valence electrons. The molecule has 8 heteroatoms. The molecule has 0 atom stereocenters. The molecule has 3 N–H and O–H groups in total. The molecule has 1 aromatic rings. The number of hydrogen-bond acceptors (Lipinski definition) is 5. The number of benzene rings is 1. The van der Waals surface area contributed by atoms with E-state index in [9.17, 15) is 13.5 Å². The van der Waals surface area contributed by atoms with Crippen LogP contribution in [0.1, 0.15) is 0 Å². The van der Waals surface area contributed by atoms with Gasteiger partial charge in [-0.2, -0.15) is 13.1 Å². The van der Waals surface area contributed by atoms with Crippen LogP contribution in [0.15, 0.2) is 18.2 Å². The summed E-state index contributed by atoms with van der Waals surface area (Å²) in [6.45, 7) is 0.390. The lowest BCUT2D eigenvalue weighted by Gasteiger charge is -2.11. The molecule has 0 spiro atoms. The van der Waals surface area contributed by atoms with Crippen LogP contribution in [0.4, 0.5) is 5.69 Å². The monoisotopic (exact) mass is 276 g/mol. The topological polar surface area (TPSA) is 96.9 Å². The summed E-state index contributed by atoms with van der Waals surface area (Å²) in [5, 5.41) is 9.53. The summed E-state index contributed by atoms with van der Waals surface area (Å²) < 4.78 is 37.3. The molecule has 0 saturated carbocycles. The van der Waals surface area contributed by atoms with Crippen LogP contribution >= 0.6 is 0 Å². The Hall–Kier alpha value is -1.51. The van der Waals surface area contributed by atoms with Crippen LogP contribution in [0.3, 0.4) is 0 Å². The van der Waals surface area contributed by atoms with Gasteiger partial charge in [0.2, 0.25) is 0 Å². The summed E-state index contributed by atoms with van der Waals surface area (Å²) >= 11 is 0. The number of methoxy groups -OCH3 is 2. The number of phenols is 1. The van der Waals surface area contributed by atoms with Gasteiger partial charge in [-0.1, -0.05) is 0 Å². The zero-order valence-corrected chi connectivity index (χ0v) is 11.0. The fourth-order valence-corrected chi connectivity index (χ4v) is 2.06. The molecule has 0 heterocycles. The van der Waals surface area contributed by atoms with Crippen LogP contribution in [-0.4, -0.2) is 40.9 Å². The van der Waals surface area contributed by atoms with Gasteiger partial charge in [0.05, 0.1) is 19.4 Å². The van der Waals surface area contributed by atoms with Crippen molar-refractivity contribution in [3.05, 3.63) is 18.2 Å². The number of aromatic hydroxyl groups is 1. The number of anilines is 1. The van der Waals surface area contributed by atoms with E-state index in [0.29, 0.717) is 5.75 Å². The molecule has 0 amide bonds. The van der Waals surface area contributed by atoms with E-state index in [1.807, 2.05) is 0 Å². The van der Waals surface area contributed by atoms with Crippen LogP contribution in [0.2, 0.25) is 0 Å². The molecule has 0 aliphatic heterocycles. The van der Waals surface area contributed by atoms with Gasteiger partial charge in [0.1, 0.15) is 11.5 Å². The first-order valence-corrected chi connectivity index (χ1v) is 6.60. The molecule has 18 heavy (non-hydrogen) atoms. The molecule has 7 nitrogen and oxygen atoms in total. The fourth-order valence-electron chi connectivity index (χ4n) is 1.18. The van der Waals surface area contributed by atoms with Crippen molar-refractivity contribution in [2.24, 2.45) is 0 Å². The highest BCUT2D eigenvalue weighted by Gasteiger charge is 2.12. The highest BCUT2D eigenvalue weighted by molar-refractivity contribution is 7.90. The van der Waals surface area contributed by atoms with E-state index in [0.717, 1.165) is 0 Å². The zero-order chi connectivity index (χ0) is 13.6. The van der Waals surface area contributed by atoms with Crippen LogP contribution in [0.5, 0.6) is 11.5 Å². The molecule has 0 saturated heterocycles. The van der Waals surface area contributed by atoms with Crippen molar-refractivity contribution in [3.63, 3.8) is 0 Å². The van der Waals surface area contributed by atoms with Crippen molar-refractivity contribution < 1.29 is 23.0 Å². The molecule has 0 bridgehead atoms. The third kappa shape index (κ3) is 4.40. The van der Waals surface area contributed by atoms with Gasteiger partial charge >= 0.3 is 0 Å². The second kappa shape index (κ2) is 6.43. The standard InChI is InChI=1S/C10H16N2O5S/c1-16-6-5-11-18(14,15)12-9-7-8(17-2)3-4-10(9)13/h3-4,7,11-13H,5-6H2,1-2H3. The third-order valence-electron chi connectivity index (χ3n) is 2.05. The minimum Gasteiger partial charge on any atom is -0.506 e. The predicted octanol–water partition coefficient (Wildman–Crippen LogP) is 0.293. The average molecular weight is 276 g/mol. The van der Waals surface area contributed by atoms with E-state index < -0.39 is 10.2 Å². The first-order valence-electron chi connectivity index (χ1n) is 5.12. The predicted molar refractivity (Wildman–Crippen MR) is 67.1 cm³/mol. The maximum Gasteiger partial charge on any atom is 0.299 e. The van der Waals surface area contributed by atoms with Gasteiger partial charge < -0.3 is 14.6 Å². The molecule has 1 rings (SSSR count). The average Bonchev–Trinajstić information content (AvgIpc) is 2.32. The van der Waals surface area contributed by atoms with E-state index in [-0.39, 0.29) is 24.6 Å². The SMILES string of the molecule is COCCNS(=O)(=O)Nc1cc(OC)ccc1O. The summed E-state index contributed by atoms with van der Waals surface area (Å²) in [6.07, 6.45) is 0. The number of rotatable bonds is 7. The Kier molecular flexibility index (Phi) is 5.20. The third-order valence-corrected chi connectivity index (χ3v) is 3.12. The fraction of sp³-hybridized carbons (Fsp3) is 0.400. The Morgan fingerprint density at radius 3 is 2.67 bits per heavy atom. The molecule has 0 aliphatic rings. The minimum absolute atomic E-state index is 0.0410. The van der Waals surface area contributed by atoms with Crippen molar-refractivity contribution in [1.82, 2.24) is 4.72 Å². The molecule has 0 aromatic heterocycles. The van der Waals surface area contributed by atoms with Gasteiger partial charge in [-0.3, -0.25) is 4.72 Å². The van der Waals surface area contributed by atoms with E-state index in [4.69, 9.17) is 9.47 Å². The summed E-state index contributed by atoms with van der Waals surface area (Å²) in [4.78, 5) is 0. The van der Waals surface area contributed by atoms with Crippen LogP contribution in [-0.2, 0) is 14.9 Å². The maximum absolute atomic E-state index is 11.6. The van der Waals surface area contributed by atoms with E-state index in [1.54, 1.807) is 0 Å². The molecule has 1 aromatic carbocycles. The van der Waals surface area contributed by atoms with E-state index in [2.05, 4.69) is 9.44 Å². The molecule has 0 unspecified atom stereocenters. The normalized spacial score (nSPS) is 11.2. The number of phenolic OH excluding ortho intramolecular Hbond substituents is 1.